The normalized spacial score (nSPS) is 15.0. The fourth-order valence-corrected chi connectivity index (χ4v) is 5.42. The number of thiophene rings is 1. The van der Waals surface area contributed by atoms with E-state index in [2.05, 4.69) is 9.97 Å². The SMILES string of the molecule is CN(c1ccc(CC(=O)N2CCN(c3ncnc4sc(CC(F)(F)F)cc34)CC2)cc1)S(C)(=O)=O. The molecule has 0 atom stereocenters. The maximum atomic E-state index is 12.8. The zero-order valence-corrected chi connectivity index (χ0v) is 20.8. The lowest BCUT2D eigenvalue weighted by atomic mass is 10.1. The lowest BCUT2D eigenvalue weighted by Gasteiger charge is -2.35. The van der Waals surface area contributed by atoms with Gasteiger partial charge in [-0.1, -0.05) is 12.1 Å². The number of hydrogen-bond donors (Lipinski definition) is 0. The molecule has 1 aliphatic heterocycles. The highest BCUT2D eigenvalue weighted by Gasteiger charge is 2.30. The van der Waals surface area contributed by atoms with E-state index in [4.69, 9.17) is 0 Å². The maximum Gasteiger partial charge on any atom is 0.393 e. The molecule has 3 heterocycles. The van der Waals surface area contributed by atoms with Gasteiger partial charge < -0.3 is 9.80 Å². The van der Waals surface area contributed by atoms with Crippen LogP contribution in [0.5, 0.6) is 0 Å². The van der Waals surface area contributed by atoms with Gasteiger partial charge in [-0.15, -0.1) is 11.3 Å². The van der Waals surface area contributed by atoms with E-state index in [-0.39, 0.29) is 17.2 Å². The monoisotopic (exact) mass is 527 g/mol. The van der Waals surface area contributed by atoms with Gasteiger partial charge in [0.15, 0.2) is 0 Å². The van der Waals surface area contributed by atoms with Crippen LogP contribution < -0.4 is 9.21 Å². The van der Waals surface area contributed by atoms with Crippen molar-refractivity contribution in [3.05, 3.63) is 47.1 Å². The van der Waals surface area contributed by atoms with E-state index in [1.54, 1.807) is 29.2 Å². The summed E-state index contributed by atoms with van der Waals surface area (Å²) in [5.74, 6) is 0.530. The topological polar surface area (TPSA) is 86.7 Å². The zero-order chi connectivity index (χ0) is 25.4. The molecule has 0 N–H and O–H groups in total. The van der Waals surface area contributed by atoms with Crippen molar-refractivity contribution in [1.82, 2.24) is 14.9 Å². The molecule has 0 bridgehead atoms. The number of fused-ring (bicyclic) bond motifs is 1. The minimum absolute atomic E-state index is 0.0512. The summed E-state index contributed by atoms with van der Waals surface area (Å²) in [4.78, 5) is 25.6. The molecule has 0 aliphatic carbocycles. The van der Waals surface area contributed by atoms with Crippen molar-refractivity contribution in [3.8, 4) is 0 Å². The highest BCUT2D eigenvalue weighted by atomic mass is 32.2. The first-order valence-electron chi connectivity index (χ1n) is 10.8. The molecule has 1 fully saturated rings. The average Bonchev–Trinajstić information content (AvgIpc) is 3.19. The van der Waals surface area contributed by atoms with Crippen LogP contribution in [0.2, 0.25) is 0 Å². The molecule has 4 rings (SSSR count). The van der Waals surface area contributed by atoms with Gasteiger partial charge in [0.2, 0.25) is 15.9 Å². The van der Waals surface area contributed by atoms with Crippen LogP contribution in [-0.2, 0) is 27.7 Å². The van der Waals surface area contributed by atoms with Gasteiger partial charge in [-0.3, -0.25) is 9.10 Å². The number of aromatic nitrogens is 2. The Bertz CT molecular complexity index is 1320. The minimum Gasteiger partial charge on any atom is -0.352 e. The lowest BCUT2D eigenvalue weighted by molar-refractivity contribution is -0.130. The van der Waals surface area contributed by atoms with Crippen molar-refractivity contribution in [2.45, 2.75) is 19.0 Å². The fraction of sp³-hybridized carbons (Fsp3) is 0.409. The fourth-order valence-electron chi connectivity index (χ4n) is 3.90. The molecule has 1 saturated heterocycles. The summed E-state index contributed by atoms with van der Waals surface area (Å²) < 4.78 is 62.9. The van der Waals surface area contributed by atoms with E-state index < -0.39 is 22.6 Å². The van der Waals surface area contributed by atoms with Crippen LogP contribution in [0.25, 0.3) is 10.2 Å². The highest BCUT2D eigenvalue weighted by Crippen LogP contribution is 2.34. The number of carbonyl (C=O) groups excluding carboxylic acids is 1. The first kappa shape index (κ1) is 25.2. The van der Waals surface area contributed by atoms with E-state index in [0.717, 1.165) is 23.2 Å². The smallest absolute Gasteiger partial charge is 0.352 e. The largest absolute Gasteiger partial charge is 0.393 e. The second-order valence-electron chi connectivity index (χ2n) is 8.36. The van der Waals surface area contributed by atoms with Gasteiger partial charge in [-0.05, 0) is 23.8 Å². The van der Waals surface area contributed by atoms with E-state index in [1.807, 2.05) is 4.90 Å². The molecule has 2 aromatic heterocycles. The molecule has 0 radical (unpaired) electrons. The zero-order valence-electron chi connectivity index (χ0n) is 19.1. The number of alkyl halides is 3. The molecule has 1 aromatic carbocycles. The molecule has 35 heavy (non-hydrogen) atoms. The number of amides is 1. The van der Waals surface area contributed by atoms with Crippen molar-refractivity contribution >= 4 is 49.0 Å². The summed E-state index contributed by atoms with van der Waals surface area (Å²) in [7, 11) is -1.90. The molecular weight excluding hydrogens is 503 g/mol. The van der Waals surface area contributed by atoms with E-state index in [1.165, 1.54) is 23.7 Å². The number of anilines is 2. The lowest BCUT2D eigenvalue weighted by Crippen LogP contribution is -2.49. The van der Waals surface area contributed by atoms with Crippen LogP contribution in [-0.4, -0.2) is 74.9 Å². The average molecular weight is 528 g/mol. The third-order valence-corrected chi connectivity index (χ3v) is 8.07. The summed E-state index contributed by atoms with van der Waals surface area (Å²) in [5, 5.41) is 0.593. The van der Waals surface area contributed by atoms with Crippen LogP contribution in [0.3, 0.4) is 0 Å². The minimum atomic E-state index is -4.29. The van der Waals surface area contributed by atoms with Crippen LogP contribution in [0.15, 0.2) is 36.7 Å². The van der Waals surface area contributed by atoms with Gasteiger partial charge in [0.1, 0.15) is 17.0 Å². The third kappa shape index (κ3) is 6.01. The molecule has 0 saturated carbocycles. The van der Waals surface area contributed by atoms with Gasteiger partial charge in [0.05, 0.1) is 30.2 Å². The van der Waals surface area contributed by atoms with Crippen molar-refractivity contribution < 1.29 is 26.4 Å². The first-order chi connectivity index (χ1) is 16.4. The standard InChI is InChI=1S/C22H24F3N5O3S2/c1-28(35(2,32)33)16-5-3-15(4-6-16)11-19(31)29-7-9-30(10-8-29)20-18-12-17(13-22(23,24)25)34-21(18)27-14-26-20/h3-6,12,14H,7-11,13H2,1-2H3. The summed E-state index contributed by atoms with van der Waals surface area (Å²) >= 11 is 1.01. The van der Waals surface area contributed by atoms with Gasteiger partial charge in [-0.25, -0.2) is 18.4 Å². The van der Waals surface area contributed by atoms with E-state index >= 15 is 0 Å². The van der Waals surface area contributed by atoms with E-state index in [0.29, 0.717) is 47.9 Å². The van der Waals surface area contributed by atoms with Gasteiger partial charge in [0, 0.05) is 38.1 Å². The van der Waals surface area contributed by atoms with Gasteiger partial charge in [-0.2, -0.15) is 13.2 Å². The number of benzene rings is 1. The predicted molar refractivity (Wildman–Crippen MR) is 129 cm³/mol. The second kappa shape index (κ2) is 9.61. The van der Waals surface area contributed by atoms with Gasteiger partial charge >= 0.3 is 6.18 Å². The summed E-state index contributed by atoms with van der Waals surface area (Å²) in [6, 6.07) is 8.30. The summed E-state index contributed by atoms with van der Waals surface area (Å²) in [6.45, 7) is 1.92. The Morgan fingerprint density at radius 1 is 1.11 bits per heavy atom. The van der Waals surface area contributed by atoms with Crippen molar-refractivity contribution in [1.29, 1.82) is 0 Å². The molecule has 8 nitrogen and oxygen atoms in total. The molecule has 0 unspecified atom stereocenters. The number of rotatable bonds is 6. The number of sulfonamides is 1. The molecule has 13 heteroatoms. The Kier molecular flexibility index (Phi) is 6.91. The number of halogens is 3. The Balaban J connectivity index is 1.38. The van der Waals surface area contributed by atoms with Crippen LogP contribution in [0.1, 0.15) is 10.4 Å². The maximum absolute atomic E-state index is 12.8. The predicted octanol–water partition coefficient (Wildman–Crippen LogP) is 3.08. The van der Waals surface area contributed by atoms with Crippen molar-refractivity contribution in [2.75, 3.05) is 48.7 Å². The quantitative estimate of drug-likeness (QED) is 0.490. The number of hydrogen-bond acceptors (Lipinski definition) is 7. The van der Waals surface area contributed by atoms with Crippen LogP contribution in [0.4, 0.5) is 24.7 Å². The van der Waals surface area contributed by atoms with Gasteiger partial charge in [0.25, 0.3) is 0 Å². The molecule has 0 spiro atoms. The first-order valence-corrected chi connectivity index (χ1v) is 13.4. The summed E-state index contributed by atoms with van der Waals surface area (Å²) in [6.07, 6.45) is -2.62. The number of nitrogens with zero attached hydrogens (tertiary/aromatic N) is 5. The molecule has 3 aromatic rings. The van der Waals surface area contributed by atoms with Crippen molar-refractivity contribution in [2.24, 2.45) is 0 Å². The Morgan fingerprint density at radius 2 is 1.77 bits per heavy atom. The molecule has 1 amide bonds. The Morgan fingerprint density at radius 3 is 2.37 bits per heavy atom. The number of piperazine rings is 1. The third-order valence-electron chi connectivity index (χ3n) is 5.82. The molecule has 1 aliphatic rings. The molecule has 188 valence electrons. The van der Waals surface area contributed by atoms with Crippen LogP contribution >= 0.6 is 11.3 Å². The Labute approximate surface area is 205 Å². The van der Waals surface area contributed by atoms with E-state index in [9.17, 15) is 26.4 Å². The van der Waals surface area contributed by atoms with Crippen molar-refractivity contribution in [3.63, 3.8) is 0 Å². The second-order valence-corrected chi connectivity index (χ2v) is 11.5. The number of carbonyl (C=O) groups is 1. The van der Waals surface area contributed by atoms with Crippen LogP contribution in [0, 0.1) is 0 Å². The molecular formula is C22H24F3N5O3S2. The Hall–Kier alpha value is -2.93. The highest BCUT2D eigenvalue weighted by molar-refractivity contribution is 7.92. The summed E-state index contributed by atoms with van der Waals surface area (Å²) in [5.41, 5.74) is 1.29.